The monoisotopic (exact) mass is 221 g/mol. The standard InChI is InChI=1S/C14H22P/c1-13(2)11-14(3,4)15(13,5)12-9-7-6-8-10-12/h6-10H,11H2,1-5H3/q+1. The Bertz CT molecular complexity index is 348. The maximum atomic E-state index is 2.53. The first kappa shape index (κ1) is 11.1. The highest BCUT2D eigenvalue weighted by atomic mass is 31.2. The van der Waals surface area contributed by atoms with Crippen molar-refractivity contribution < 1.29 is 0 Å². The Labute approximate surface area is 94.4 Å². The van der Waals surface area contributed by atoms with Gasteiger partial charge in [0.2, 0.25) is 0 Å². The highest BCUT2D eigenvalue weighted by Gasteiger charge is 2.70. The van der Waals surface area contributed by atoms with Crippen molar-refractivity contribution in [3.05, 3.63) is 30.3 Å². The minimum Gasteiger partial charge on any atom is -0.0620 e. The predicted octanol–water partition coefficient (Wildman–Crippen LogP) is 3.92. The third kappa shape index (κ3) is 1.31. The molecule has 0 bridgehead atoms. The summed E-state index contributed by atoms with van der Waals surface area (Å²) < 4.78 is 0. The first-order valence-corrected chi connectivity index (χ1v) is 7.97. The zero-order chi connectivity index (χ0) is 11.3. The Morgan fingerprint density at radius 3 is 1.80 bits per heavy atom. The van der Waals surface area contributed by atoms with Gasteiger partial charge in [-0.1, -0.05) is 18.2 Å². The Balaban J connectivity index is 2.50. The number of benzene rings is 1. The fraction of sp³-hybridized carbons (Fsp3) is 0.571. The summed E-state index contributed by atoms with van der Waals surface area (Å²) in [4.78, 5) is 0. The summed E-state index contributed by atoms with van der Waals surface area (Å²) in [7, 11) is -1.00. The Morgan fingerprint density at radius 1 is 0.933 bits per heavy atom. The first-order chi connectivity index (χ1) is 6.81. The van der Waals surface area contributed by atoms with Crippen molar-refractivity contribution in [3.8, 4) is 0 Å². The van der Waals surface area contributed by atoms with Crippen LogP contribution in [-0.2, 0) is 0 Å². The van der Waals surface area contributed by atoms with Crippen molar-refractivity contribution in [2.45, 2.75) is 44.4 Å². The van der Waals surface area contributed by atoms with Crippen molar-refractivity contribution in [2.75, 3.05) is 6.66 Å². The van der Waals surface area contributed by atoms with Gasteiger partial charge >= 0.3 is 0 Å². The number of hydrogen-bond donors (Lipinski definition) is 0. The molecule has 1 aliphatic heterocycles. The summed E-state index contributed by atoms with van der Waals surface area (Å²) in [5, 5.41) is 2.65. The van der Waals surface area contributed by atoms with Gasteiger partial charge in [-0.05, 0) is 39.8 Å². The van der Waals surface area contributed by atoms with Crippen molar-refractivity contribution in [1.82, 2.24) is 0 Å². The van der Waals surface area contributed by atoms with Crippen LogP contribution in [-0.4, -0.2) is 17.0 Å². The maximum absolute atomic E-state index is 2.53. The van der Waals surface area contributed by atoms with Crippen molar-refractivity contribution in [3.63, 3.8) is 0 Å². The fourth-order valence-corrected chi connectivity index (χ4v) is 8.49. The molecule has 0 nitrogen and oxygen atoms in total. The van der Waals surface area contributed by atoms with E-state index in [1.807, 2.05) is 0 Å². The van der Waals surface area contributed by atoms with E-state index in [0.29, 0.717) is 10.3 Å². The lowest BCUT2D eigenvalue weighted by molar-refractivity contribution is 0.443. The highest BCUT2D eigenvalue weighted by Crippen LogP contribution is 2.84. The molecule has 0 spiro atoms. The van der Waals surface area contributed by atoms with Crippen LogP contribution in [0.5, 0.6) is 0 Å². The summed E-state index contributed by atoms with van der Waals surface area (Å²) in [5.41, 5.74) is 0. The molecule has 0 unspecified atom stereocenters. The summed E-state index contributed by atoms with van der Waals surface area (Å²) in [6.45, 7) is 12.3. The van der Waals surface area contributed by atoms with Gasteiger partial charge in [-0.3, -0.25) is 0 Å². The van der Waals surface area contributed by atoms with Crippen LogP contribution in [0.2, 0.25) is 0 Å². The summed E-state index contributed by atoms with van der Waals surface area (Å²) in [5.74, 6) is 0. The molecule has 0 atom stereocenters. The molecule has 1 saturated heterocycles. The minimum absolute atomic E-state index is 0.526. The number of hydrogen-bond acceptors (Lipinski definition) is 0. The van der Waals surface area contributed by atoms with E-state index in [9.17, 15) is 0 Å². The topological polar surface area (TPSA) is 0 Å². The molecule has 0 aliphatic carbocycles. The van der Waals surface area contributed by atoms with E-state index >= 15 is 0 Å². The highest BCUT2D eigenvalue weighted by molar-refractivity contribution is 7.86. The van der Waals surface area contributed by atoms with E-state index in [0.717, 1.165) is 0 Å². The molecule has 15 heavy (non-hydrogen) atoms. The van der Waals surface area contributed by atoms with E-state index in [1.54, 1.807) is 5.30 Å². The van der Waals surface area contributed by atoms with Gasteiger partial charge in [0.15, 0.2) is 0 Å². The normalized spacial score (nSPS) is 25.7. The molecule has 0 N–H and O–H groups in total. The van der Waals surface area contributed by atoms with E-state index in [1.165, 1.54) is 6.42 Å². The molecule has 1 heteroatoms. The smallest absolute Gasteiger partial charge is 0.0620 e. The van der Waals surface area contributed by atoms with E-state index in [-0.39, 0.29) is 0 Å². The van der Waals surface area contributed by atoms with Crippen molar-refractivity contribution in [1.29, 1.82) is 0 Å². The minimum atomic E-state index is -1.00. The van der Waals surface area contributed by atoms with Gasteiger partial charge in [0.05, 0.1) is 29.5 Å². The molecule has 0 aromatic heterocycles. The van der Waals surface area contributed by atoms with Crippen LogP contribution < -0.4 is 5.30 Å². The van der Waals surface area contributed by atoms with Gasteiger partial charge in [-0.2, -0.15) is 0 Å². The average Bonchev–Trinajstić information content (AvgIpc) is 2.16. The second-order valence-electron chi connectivity index (χ2n) is 6.14. The third-order valence-corrected chi connectivity index (χ3v) is 11.0. The zero-order valence-corrected chi connectivity index (χ0v) is 11.4. The van der Waals surface area contributed by atoms with Crippen molar-refractivity contribution in [2.24, 2.45) is 0 Å². The zero-order valence-electron chi connectivity index (χ0n) is 10.5. The molecule has 1 aromatic rings. The van der Waals surface area contributed by atoms with E-state index in [2.05, 4.69) is 64.7 Å². The molecular weight excluding hydrogens is 199 g/mol. The lowest BCUT2D eigenvalue weighted by Crippen LogP contribution is -2.55. The molecule has 1 heterocycles. The van der Waals surface area contributed by atoms with Crippen LogP contribution in [0.3, 0.4) is 0 Å². The largest absolute Gasteiger partial charge is 0.0947 e. The Morgan fingerprint density at radius 2 is 1.40 bits per heavy atom. The molecule has 1 aliphatic rings. The SMILES string of the molecule is CC1(C)CC(C)(C)[P+]1(C)c1ccccc1. The van der Waals surface area contributed by atoms with Gasteiger partial charge in [0.1, 0.15) is 0 Å². The summed E-state index contributed by atoms with van der Waals surface area (Å²) >= 11 is 0. The molecular formula is C14H22P+. The molecule has 1 fully saturated rings. The Kier molecular flexibility index (Phi) is 2.29. The van der Waals surface area contributed by atoms with Gasteiger partial charge < -0.3 is 0 Å². The third-order valence-electron chi connectivity index (χ3n) is 4.56. The van der Waals surface area contributed by atoms with E-state index < -0.39 is 7.26 Å². The van der Waals surface area contributed by atoms with Crippen molar-refractivity contribution >= 4 is 12.6 Å². The first-order valence-electron chi connectivity index (χ1n) is 5.74. The maximum Gasteiger partial charge on any atom is 0.0947 e. The van der Waals surface area contributed by atoms with Gasteiger partial charge in [0.25, 0.3) is 0 Å². The van der Waals surface area contributed by atoms with Gasteiger partial charge in [-0.15, -0.1) is 0 Å². The average molecular weight is 221 g/mol. The second-order valence-corrected chi connectivity index (χ2v) is 11.1. The van der Waals surface area contributed by atoms with Crippen LogP contribution in [0.15, 0.2) is 30.3 Å². The lowest BCUT2D eigenvalue weighted by atomic mass is 9.96. The van der Waals surface area contributed by atoms with Crippen LogP contribution in [0.1, 0.15) is 34.1 Å². The molecule has 0 saturated carbocycles. The number of rotatable bonds is 1. The van der Waals surface area contributed by atoms with Crippen LogP contribution >= 0.6 is 7.26 Å². The predicted molar refractivity (Wildman–Crippen MR) is 71.7 cm³/mol. The van der Waals surface area contributed by atoms with Crippen LogP contribution in [0.4, 0.5) is 0 Å². The Hall–Kier alpha value is -0.350. The molecule has 0 radical (unpaired) electrons. The van der Waals surface area contributed by atoms with Gasteiger partial charge in [0, 0.05) is 6.42 Å². The molecule has 2 rings (SSSR count). The quantitative estimate of drug-likeness (QED) is 0.630. The summed E-state index contributed by atoms with van der Waals surface area (Å²) in [6.07, 6.45) is 1.36. The van der Waals surface area contributed by atoms with Crippen LogP contribution in [0, 0.1) is 0 Å². The molecule has 0 amide bonds. The van der Waals surface area contributed by atoms with Crippen LogP contribution in [0.25, 0.3) is 0 Å². The lowest BCUT2D eigenvalue weighted by Gasteiger charge is -2.58. The summed E-state index contributed by atoms with van der Waals surface area (Å²) in [6, 6.07) is 11.2. The second kappa shape index (κ2) is 3.08. The fourth-order valence-electron chi connectivity index (χ4n) is 3.53. The molecule has 82 valence electrons. The van der Waals surface area contributed by atoms with E-state index in [4.69, 9.17) is 0 Å². The molecule has 1 aromatic carbocycles. The van der Waals surface area contributed by atoms with Gasteiger partial charge in [-0.25, -0.2) is 0 Å².